The van der Waals surface area contributed by atoms with Crippen LogP contribution in [0.4, 0.5) is 0 Å². The molecule has 0 aromatic carbocycles. The number of H-pyrrole nitrogens is 2. The number of hydrogen-bond acceptors (Lipinski definition) is 4. The number of imidazole rings is 1. The van der Waals surface area contributed by atoms with E-state index in [4.69, 9.17) is 0 Å². The fraction of sp³-hybridized carbons (Fsp3) is 0.333. The van der Waals surface area contributed by atoms with Crippen LogP contribution >= 0.6 is 0 Å². The summed E-state index contributed by atoms with van der Waals surface area (Å²) in [6.45, 7) is 2.23. The van der Waals surface area contributed by atoms with Gasteiger partial charge in [-0.25, -0.2) is 14.3 Å². The fourth-order valence-corrected chi connectivity index (χ4v) is 3.13. The lowest BCUT2D eigenvalue weighted by Gasteiger charge is -2.33. The van der Waals surface area contributed by atoms with Crippen LogP contribution in [-0.2, 0) is 0 Å². The standard InChI is InChI=1S/C15H15N5O2/c1-8-4-9(5-8)10-6-12(19-20-3-2-16-13(10)20)11-7-17-15(22)18-14(11)21/h2-3,6-9H,4-5H2,1H3,(H2,17,18,21,22). The van der Waals surface area contributed by atoms with Gasteiger partial charge in [0.05, 0.1) is 11.3 Å². The van der Waals surface area contributed by atoms with Crippen LogP contribution in [0.1, 0.15) is 31.2 Å². The van der Waals surface area contributed by atoms with Gasteiger partial charge in [0.1, 0.15) is 0 Å². The summed E-state index contributed by atoms with van der Waals surface area (Å²) in [7, 11) is 0. The Balaban J connectivity index is 1.91. The Kier molecular flexibility index (Phi) is 2.75. The molecule has 4 rings (SSSR count). The molecule has 3 aromatic heterocycles. The number of fused-ring (bicyclic) bond motifs is 1. The lowest BCUT2D eigenvalue weighted by Crippen LogP contribution is -2.24. The summed E-state index contributed by atoms with van der Waals surface area (Å²) in [5.41, 5.74) is 1.87. The zero-order valence-corrected chi connectivity index (χ0v) is 12.0. The van der Waals surface area contributed by atoms with E-state index in [-0.39, 0.29) is 0 Å². The van der Waals surface area contributed by atoms with E-state index in [1.54, 1.807) is 16.9 Å². The minimum absolute atomic E-state index is 0.351. The van der Waals surface area contributed by atoms with Gasteiger partial charge in [-0.05, 0) is 30.7 Å². The first kappa shape index (κ1) is 13.0. The molecule has 1 saturated carbocycles. The van der Waals surface area contributed by atoms with Crippen molar-refractivity contribution in [3.05, 3.63) is 51.1 Å². The summed E-state index contributed by atoms with van der Waals surface area (Å²) in [6, 6.07) is 1.92. The third-order valence-corrected chi connectivity index (χ3v) is 4.30. The van der Waals surface area contributed by atoms with Crippen molar-refractivity contribution in [3.8, 4) is 11.3 Å². The van der Waals surface area contributed by atoms with Crippen LogP contribution in [-0.4, -0.2) is 24.6 Å². The number of nitrogens with one attached hydrogen (secondary N) is 2. The Morgan fingerprint density at radius 2 is 2.14 bits per heavy atom. The van der Waals surface area contributed by atoms with Crippen molar-refractivity contribution in [3.63, 3.8) is 0 Å². The summed E-state index contributed by atoms with van der Waals surface area (Å²) in [5.74, 6) is 1.16. The van der Waals surface area contributed by atoms with E-state index in [2.05, 4.69) is 27.0 Å². The first-order chi connectivity index (χ1) is 10.6. The second-order valence-corrected chi connectivity index (χ2v) is 5.94. The highest BCUT2D eigenvalue weighted by molar-refractivity contribution is 5.62. The summed E-state index contributed by atoms with van der Waals surface area (Å²) in [4.78, 5) is 32.3. The molecule has 0 saturated heterocycles. The van der Waals surface area contributed by atoms with Crippen molar-refractivity contribution in [2.75, 3.05) is 0 Å². The van der Waals surface area contributed by atoms with Crippen LogP contribution in [0, 0.1) is 5.92 Å². The van der Waals surface area contributed by atoms with E-state index in [1.165, 1.54) is 6.20 Å². The second-order valence-electron chi connectivity index (χ2n) is 5.94. The topological polar surface area (TPSA) is 95.9 Å². The quantitative estimate of drug-likeness (QED) is 0.745. The predicted molar refractivity (Wildman–Crippen MR) is 80.8 cm³/mol. The monoisotopic (exact) mass is 297 g/mol. The van der Waals surface area contributed by atoms with Crippen LogP contribution in [0.25, 0.3) is 16.9 Å². The number of nitrogens with zero attached hydrogens (tertiary/aromatic N) is 3. The van der Waals surface area contributed by atoms with Gasteiger partial charge in [0.15, 0.2) is 5.65 Å². The van der Waals surface area contributed by atoms with Crippen molar-refractivity contribution in [2.45, 2.75) is 25.7 Å². The van der Waals surface area contributed by atoms with E-state index >= 15 is 0 Å². The third-order valence-electron chi connectivity index (χ3n) is 4.30. The molecule has 0 spiro atoms. The minimum atomic E-state index is -0.523. The van der Waals surface area contributed by atoms with Crippen molar-refractivity contribution in [1.29, 1.82) is 0 Å². The van der Waals surface area contributed by atoms with Crippen molar-refractivity contribution in [1.82, 2.24) is 24.6 Å². The molecule has 0 bridgehead atoms. The maximum atomic E-state index is 12.0. The van der Waals surface area contributed by atoms with Gasteiger partial charge in [-0.15, -0.1) is 0 Å². The number of aromatic nitrogens is 5. The number of rotatable bonds is 2. The van der Waals surface area contributed by atoms with Gasteiger partial charge in [-0.3, -0.25) is 9.78 Å². The zero-order chi connectivity index (χ0) is 15.3. The van der Waals surface area contributed by atoms with Crippen molar-refractivity contribution < 1.29 is 0 Å². The lowest BCUT2D eigenvalue weighted by molar-refractivity contribution is 0.289. The molecule has 3 heterocycles. The molecule has 0 amide bonds. The first-order valence-corrected chi connectivity index (χ1v) is 7.28. The average Bonchev–Trinajstić information content (AvgIpc) is 2.91. The molecule has 112 valence electrons. The fourth-order valence-electron chi connectivity index (χ4n) is 3.13. The molecule has 3 aromatic rings. The third kappa shape index (κ3) is 1.97. The molecule has 7 nitrogen and oxygen atoms in total. The van der Waals surface area contributed by atoms with Crippen molar-refractivity contribution >= 4 is 5.65 Å². The van der Waals surface area contributed by atoms with Crippen LogP contribution < -0.4 is 11.2 Å². The van der Waals surface area contributed by atoms with Crippen molar-refractivity contribution in [2.24, 2.45) is 5.92 Å². The molecule has 7 heteroatoms. The smallest absolute Gasteiger partial charge is 0.313 e. The molecular formula is C15H15N5O2. The first-order valence-electron chi connectivity index (χ1n) is 7.28. The molecular weight excluding hydrogens is 282 g/mol. The highest BCUT2D eigenvalue weighted by atomic mass is 16.2. The predicted octanol–water partition coefficient (Wildman–Crippen LogP) is 1.29. The maximum absolute atomic E-state index is 12.0. The number of hydrogen-bond donors (Lipinski definition) is 2. The number of aromatic amines is 2. The summed E-state index contributed by atoms with van der Waals surface area (Å²) in [6.07, 6.45) is 7.11. The van der Waals surface area contributed by atoms with Gasteiger partial charge in [0, 0.05) is 24.2 Å². The molecule has 0 radical (unpaired) electrons. The molecule has 2 N–H and O–H groups in total. The molecule has 22 heavy (non-hydrogen) atoms. The van der Waals surface area contributed by atoms with E-state index in [9.17, 15) is 9.59 Å². The van der Waals surface area contributed by atoms with Gasteiger partial charge in [-0.1, -0.05) is 6.92 Å². The van der Waals surface area contributed by atoms with E-state index < -0.39 is 11.2 Å². The summed E-state index contributed by atoms with van der Waals surface area (Å²) < 4.78 is 1.69. The molecule has 1 aliphatic carbocycles. The van der Waals surface area contributed by atoms with E-state index in [0.29, 0.717) is 23.1 Å². The maximum Gasteiger partial charge on any atom is 0.325 e. The molecule has 0 atom stereocenters. The molecule has 0 aliphatic heterocycles. The Labute approximate surface area is 125 Å². The van der Waals surface area contributed by atoms with Gasteiger partial charge < -0.3 is 4.98 Å². The summed E-state index contributed by atoms with van der Waals surface area (Å²) in [5, 5.41) is 4.43. The van der Waals surface area contributed by atoms with Gasteiger partial charge >= 0.3 is 5.69 Å². The second kappa shape index (κ2) is 4.66. The van der Waals surface area contributed by atoms with Gasteiger partial charge in [0.25, 0.3) is 5.56 Å². The van der Waals surface area contributed by atoms with E-state index in [1.807, 2.05) is 6.07 Å². The highest BCUT2D eigenvalue weighted by Gasteiger charge is 2.29. The molecule has 1 aliphatic rings. The largest absolute Gasteiger partial charge is 0.325 e. The Bertz CT molecular complexity index is 962. The zero-order valence-electron chi connectivity index (χ0n) is 12.0. The summed E-state index contributed by atoms with van der Waals surface area (Å²) >= 11 is 0. The Morgan fingerprint density at radius 1 is 1.32 bits per heavy atom. The Morgan fingerprint density at radius 3 is 2.86 bits per heavy atom. The van der Waals surface area contributed by atoms with Crippen LogP contribution in [0.3, 0.4) is 0 Å². The van der Waals surface area contributed by atoms with Crippen LogP contribution in [0.15, 0.2) is 34.2 Å². The van der Waals surface area contributed by atoms with Gasteiger partial charge in [0.2, 0.25) is 0 Å². The van der Waals surface area contributed by atoms with Crippen LogP contribution in [0.5, 0.6) is 0 Å². The average molecular weight is 297 g/mol. The SMILES string of the molecule is CC1CC(c2cc(-c3c[nH]c(=O)[nH]c3=O)nn3ccnc23)C1. The molecule has 1 fully saturated rings. The minimum Gasteiger partial charge on any atom is -0.313 e. The van der Waals surface area contributed by atoms with Crippen LogP contribution in [0.2, 0.25) is 0 Å². The Hall–Kier alpha value is -2.70. The highest BCUT2D eigenvalue weighted by Crippen LogP contribution is 2.42. The van der Waals surface area contributed by atoms with E-state index in [0.717, 1.165) is 24.1 Å². The lowest BCUT2D eigenvalue weighted by atomic mass is 9.72. The normalized spacial score (nSPS) is 21.0. The molecule has 0 unspecified atom stereocenters. The van der Waals surface area contributed by atoms with Gasteiger partial charge in [-0.2, -0.15) is 5.10 Å².